The monoisotopic (exact) mass is 409 g/mol. The summed E-state index contributed by atoms with van der Waals surface area (Å²) in [7, 11) is 4.05. The van der Waals surface area contributed by atoms with Crippen LogP contribution in [0.2, 0.25) is 0 Å². The van der Waals surface area contributed by atoms with Crippen LogP contribution in [0.3, 0.4) is 0 Å². The van der Waals surface area contributed by atoms with E-state index in [1.165, 1.54) is 5.56 Å². The zero-order valence-electron chi connectivity index (χ0n) is 18.1. The molecule has 1 fully saturated rings. The predicted molar refractivity (Wildman–Crippen MR) is 117 cm³/mol. The summed E-state index contributed by atoms with van der Waals surface area (Å²) in [5.41, 5.74) is 4.16. The van der Waals surface area contributed by atoms with Crippen LogP contribution in [0.25, 0.3) is 0 Å². The lowest BCUT2D eigenvalue weighted by atomic mass is 10.0. The maximum absolute atomic E-state index is 13.0. The molecule has 2 aliphatic heterocycles. The summed E-state index contributed by atoms with van der Waals surface area (Å²) in [4.78, 5) is 26.9. The summed E-state index contributed by atoms with van der Waals surface area (Å²) in [6.07, 6.45) is 1.86. The molecular formula is C23H31N5O2. The second kappa shape index (κ2) is 9.10. The van der Waals surface area contributed by atoms with Gasteiger partial charge in [-0.1, -0.05) is 12.1 Å². The molecule has 3 heterocycles. The highest BCUT2D eigenvalue weighted by Crippen LogP contribution is 2.30. The van der Waals surface area contributed by atoms with E-state index < -0.39 is 0 Å². The molecule has 1 atom stereocenters. The molecule has 1 amide bonds. The number of ether oxygens (including phenoxy) is 1. The summed E-state index contributed by atoms with van der Waals surface area (Å²) in [5.74, 6) is 2.05. The van der Waals surface area contributed by atoms with Gasteiger partial charge in [-0.15, -0.1) is 0 Å². The van der Waals surface area contributed by atoms with E-state index in [4.69, 9.17) is 14.7 Å². The average molecular weight is 410 g/mol. The van der Waals surface area contributed by atoms with Crippen molar-refractivity contribution in [3.63, 3.8) is 0 Å². The zero-order valence-corrected chi connectivity index (χ0v) is 18.1. The third-order valence-corrected chi connectivity index (χ3v) is 6.02. The van der Waals surface area contributed by atoms with Gasteiger partial charge in [-0.2, -0.15) is 0 Å². The molecule has 7 nitrogen and oxygen atoms in total. The first-order valence-corrected chi connectivity index (χ1v) is 10.8. The number of carbonyl (C=O) groups excluding carboxylic acids is 1. The number of benzene rings is 1. The molecule has 0 bridgehead atoms. The van der Waals surface area contributed by atoms with Gasteiger partial charge in [0.2, 0.25) is 0 Å². The Balaban J connectivity index is 1.46. The van der Waals surface area contributed by atoms with Gasteiger partial charge in [0, 0.05) is 56.9 Å². The Morgan fingerprint density at radius 1 is 1.23 bits per heavy atom. The molecule has 1 aromatic carbocycles. The predicted octanol–water partition coefficient (Wildman–Crippen LogP) is 2.67. The van der Waals surface area contributed by atoms with E-state index in [-0.39, 0.29) is 11.8 Å². The maximum atomic E-state index is 13.0. The SMILES string of the molecule is CCOCc1ccc(C(=O)N2CCC(c3nc4c(c(NC)n3)CCN(C)C4)C2)cc1. The molecule has 4 rings (SSSR count). The van der Waals surface area contributed by atoms with Crippen molar-refractivity contribution in [1.82, 2.24) is 19.8 Å². The number of anilines is 1. The van der Waals surface area contributed by atoms with Gasteiger partial charge in [0.05, 0.1) is 12.3 Å². The smallest absolute Gasteiger partial charge is 0.253 e. The van der Waals surface area contributed by atoms with E-state index in [1.807, 2.05) is 43.1 Å². The van der Waals surface area contributed by atoms with Gasteiger partial charge in [0.25, 0.3) is 5.91 Å². The minimum Gasteiger partial charge on any atom is -0.377 e. The van der Waals surface area contributed by atoms with E-state index in [2.05, 4.69) is 17.3 Å². The third kappa shape index (κ3) is 4.32. The van der Waals surface area contributed by atoms with Crippen molar-refractivity contribution in [2.75, 3.05) is 45.7 Å². The summed E-state index contributed by atoms with van der Waals surface area (Å²) in [6, 6.07) is 7.74. The fourth-order valence-electron chi connectivity index (χ4n) is 4.27. The standard InChI is InChI=1S/C23H31N5O2/c1-4-30-15-16-5-7-17(8-6-16)23(29)28-12-9-18(13-28)21-25-20-14-27(3)11-10-19(20)22(24-2)26-21/h5-8,18H,4,9-15H2,1-3H3,(H,24,25,26). The molecule has 30 heavy (non-hydrogen) atoms. The van der Waals surface area contributed by atoms with Crippen LogP contribution >= 0.6 is 0 Å². The van der Waals surface area contributed by atoms with Crippen LogP contribution in [0.5, 0.6) is 0 Å². The van der Waals surface area contributed by atoms with Crippen LogP contribution in [0.15, 0.2) is 24.3 Å². The first kappa shape index (κ1) is 20.8. The van der Waals surface area contributed by atoms with E-state index >= 15 is 0 Å². The van der Waals surface area contributed by atoms with E-state index in [9.17, 15) is 4.79 Å². The lowest BCUT2D eigenvalue weighted by molar-refractivity contribution is 0.0790. The summed E-state index contributed by atoms with van der Waals surface area (Å²) < 4.78 is 5.43. The number of likely N-dealkylation sites (N-methyl/N-ethyl adjacent to an activating group) is 1. The fourth-order valence-corrected chi connectivity index (χ4v) is 4.27. The lowest BCUT2D eigenvalue weighted by Crippen LogP contribution is -2.30. The Morgan fingerprint density at radius 2 is 2.03 bits per heavy atom. The van der Waals surface area contributed by atoms with Crippen molar-refractivity contribution < 1.29 is 9.53 Å². The molecule has 1 aromatic heterocycles. The van der Waals surface area contributed by atoms with Crippen LogP contribution < -0.4 is 5.32 Å². The Bertz CT molecular complexity index is 899. The van der Waals surface area contributed by atoms with E-state index in [0.717, 1.165) is 60.9 Å². The molecule has 0 radical (unpaired) electrons. The maximum Gasteiger partial charge on any atom is 0.253 e. The zero-order chi connectivity index (χ0) is 21.1. The van der Waals surface area contributed by atoms with Gasteiger partial charge in [-0.25, -0.2) is 9.97 Å². The Labute approximate surface area is 178 Å². The molecule has 1 N–H and O–H groups in total. The molecule has 160 valence electrons. The number of amides is 1. The second-order valence-corrected chi connectivity index (χ2v) is 8.16. The Kier molecular flexibility index (Phi) is 6.29. The quantitative estimate of drug-likeness (QED) is 0.791. The molecule has 0 saturated carbocycles. The van der Waals surface area contributed by atoms with Crippen LogP contribution in [0.4, 0.5) is 5.82 Å². The number of aromatic nitrogens is 2. The van der Waals surface area contributed by atoms with Gasteiger partial charge >= 0.3 is 0 Å². The molecule has 1 saturated heterocycles. The van der Waals surface area contributed by atoms with Gasteiger partial charge in [0.15, 0.2) is 0 Å². The van der Waals surface area contributed by atoms with Crippen molar-refractivity contribution in [3.8, 4) is 0 Å². The van der Waals surface area contributed by atoms with Crippen LogP contribution in [-0.4, -0.2) is 66.0 Å². The first-order chi connectivity index (χ1) is 14.6. The number of rotatable bonds is 6. The second-order valence-electron chi connectivity index (χ2n) is 8.16. The van der Waals surface area contributed by atoms with Crippen LogP contribution in [0.1, 0.15) is 52.3 Å². The molecule has 0 spiro atoms. The number of carbonyl (C=O) groups is 1. The van der Waals surface area contributed by atoms with Gasteiger partial charge in [0.1, 0.15) is 11.6 Å². The van der Waals surface area contributed by atoms with Gasteiger partial charge in [-0.05, 0) is 44.5 Å². The highest BCUT2D eigenvalue weighted by molar-refractivity contribution is 5.94. The summed E-state index contributed by atoms with van der Waals surface area (Å²) in [6.45, 7) is 6.52. The fraction of sp³-hybridized carbons (Fsp3) is 0.522. The van der Waals surface area contributed by atoms with E-state index in [0.29, 0.717) is 19.8 Å². The number of hydrogen-bond donors (Lipinski definition) is 1. The lowest BCUT2D eigenvalue weighted by Gasteiger charge is -2.26. The topological polar surface area (TPSA) is 70.6 Å². The highest BCUT2D eigenvalue weighted by atomic mass is 16.5. The minimum atomic E-state index is 0.0759. The van der Waals surface area contributed by atoms with Crippen molar-refractivity contribution in [3.05, 3.63) is 52.5 Å². The molecule has 0 aliphatic carbocycles. The molecule has 1 unspecified atom stereocenters. The van der Waals surface area contributed by atoms with Crippen molar-refractivity contribution >= 4 is 11.7 Å². The molecule has 7 heteroatoms. The number of likely N-dealkylation sites (tertiary alicyclic amines) is 1. The molecule has 2 aromatic rings. The van der Waals surface area contributed by atoms with E-state index in [1.54, 1.807) is 0 Å². The molecule has 2 aliphatic rings. The van der Waals surface area contributed by atoms with Crippen molar-refractivity contribution in [2.24, 2.45) is 0 Å². The average Bonchev–Trinajstić information content (AvgIpc) is 3.27. The van der Waals surface area contributed by atoms with Crippen molar-refractivity contribution in [1.29, 1.82) is 0 Å². The van der Waals surface area contributed by atoms with Crippen molar-refractivity contribution in [2.45, 2.75) is 38.8 Å². The third-order valence-electron chi connectivity index (χ3n) is 6.02. The Morgan fingerprint density at radius 3 is 2.77 bits per heavy atom. The number of nitrogens with one attached hydrogen (secondary N) is 1. The van der Waals surface area contributed by atoms with Gasteiger partial charge in [-0.3, -0.25) is 4.79 Å². The number of hydrogen-bond acceptors (Lipinski definition) is 6. The normalized spacial score (nSPS) is 19.0. The van der Waals surface area contributed by atoms with Gasteiger partial charge < -0.3 is 19.9 Å². The number of fused-ring (bicyclic) bond motifs is 1. The first-order valence-electron chi connectivity index (χ1n) is 10.8. The summed E-state index contributed by atoms with van der Waals surface area (Å²) >= 11 is 0. The van der Waals surface area contributed by atoms with Crippen LogP contribution in [-0.2, 0) is 24.3 Å². The minimum absolute atomic E-state index is 0.0759. The number of nitrogens with zero attached hydrogens (tertiary/aromatic N) is 4. The molecular weight excluding hydrogens is 378 g/mol. The highest BCUT2D eigenvalue weighted by Gasteiger charge is 2.31. The largest absolute Gasteiger partial charge is 0.377 e. The Hall–Kier alpha value is -2.51. The van der Waals surface area contributed by atoms with Crippen LogP contribution in [0, 0.1) is 0 Å². The summed E-state index contributed by atoms with van der Waals surface area (Å²) in [5, 5.41) is 3.25.